The highest BCUT2D eigenvalue weighted by Crippen LogP contribution is 2.31. The lowest BCUT2D eigenvalue weighted by Crippen LogP contribution is -1.78. The van der Waals surface area contributed by atoms with Gasteiger partial charge in [0.1, 0.15) is 10.8 Å². The lowest BCUT2D eigenvalue weighted by molar-refractivity contribution is 1.17. The quantitative estimate of drug-likeness (QED) is 0.657. The standard InChI is InChI=1S/C12H11N3S2/c1-6-12(16)17-11(13-6)8-3-4-9-10(5-8)15-7(2)14-9/h3-5,16H,1-2H3,(H,14,15). The molecule has 0 aliphatic rings. The van der Waals surface area contributed by atoms with Crippen molar-refractivity contribution in [1.82, 2.24) is 15.0 Å². The van der Waals surface area contributed by atoms with Gasteiger partial charge in [0, 0.05) is 5.56 Å². The molecule has 1 aromatic carbocycles. The molecule has 1 N–H and O–H groups in total. The predicted molar refractivity (Wildman–Crippen MR) is 73.9 cm³/mol. The summed E-state index contributed by atoms with van der Waals surface area (Å²) in [5.74, 6) is 0.933. The Morgan fingerprint density at radius 3 is 2.76 bits per heavy atom. The molecule has 3 rings (SSSR count). The maximum absolute atomic E-state index is 4.50. The maximum Gasteiger partial charge on any atom is 0.124 e. The van der Waals surface area contributed by atoms with E-state index in [1.54, 1.807) is 11.3 Å². The molecule has 0 amide bonds. The molecule has 0 radical (unpaired) electrons. The molecular formula is C12H11N3S2. The second-order valence-electron chi connectivity index (χ2n) is 3.96. The van der Waals surface area contributed by atoms with E-state index in [0.717, 1.165) is 37.3 Å². The first-order valence-corrected chi connectivity index (χ1v) is 6.53. The van der Waals surface area contributed by atoms with Gasteiger partial charge in [-0.2, -0.15) is 0 Å². The van der Waals surface area contributed by atoms with E-state index < -0.39 is 0 Å². The summed E-state index contributed by atoms with van der Waals surface area (Å²) < 4.78 is 0.973. The Kier molecular flexibility index (Phi) is 2.45. The molecule has 0 bridgehead atoms. The average Bonchev–Trinajstić information content (AvgIpc) is 2.80. The Bertz CT molecular complexity index is 677. The Balaban J connectivity index is 2.16. The van der Waals surface area contributed by atoms with Crippen LogP contribution in [-0.4, -0.2) is 15.0 Å². The van der Waals surface area contributed by atoms with Crippen LogP contribution in [0.4, 0.5) is 0 Å². The number of benzene rings is 1. The summed E-state index contributed by atoms with van der Waals surface area (Å²) in [5, 5.41) is 1.00. The van der Waals surface area contributed by atoms with Crippen LogP contribution in [0, 0.1) is 13.8 Å². The molecule has 0 saturated heterocycles. The molecule has 2 heterocycles. The van der Waals surface area contributed by atoms with Crippen molar-refractivity contribution < 1.29 is 0 Å². The number of hydrogen-bond acceptors (Lipinski definition) is 4. The monoisotopic (exact) mass is 261 g/mol. The van der Waals surface area contributed by atoms with Crippen LogP contribution in [0.5, 0.6) is 0 Å². The van der Waals surface area contributed by atoms with Gasteiger partial charge in [0.15, 0.2) is 0 Å². The lowest BCUT2D eigenvalue weighted by Gasteiger charge is -1.95. The number of aromatic nitrogens is 3. The van der Waals surface area contributed by atoms with Crippen molar-refractivity contribution in [3.8, 4) is 10.6 Å². The van der Waals surface area contributed by atoms with E-state index in [2.05, 4.69) is 33.6 Å². The third-order valence-corrected chi connectivity index (χ3v) is 4.23. The van der Waals surface area contributed by atoms with Gasteiger partial charge >= 0.3 is 0 Å². The molecule has 0 saturated carbocycles. The fourth-order valence-electron chi connectivity index (χ4n) is 1.78. The molecule has 17 heavy (non-hydrogen) atoms. The lowest BCUT2D eigenvalue weighted by atomic mass is 10.2. The topological polar surface area (TPSA) is 41.6 Å². The summed E-state index contributed by atoms with van der Waals surface area (Å²) >= 11 is 5.98. The fraction of sp³-hybridized carbons (Fsp3) is 0.167. The third-order valence-electron chi connectivity index (χ3n) is 2.62. The smallest absolute Gasteiger partial charge is 0.124 e. The normalized spacial score (nSPS) is 11.2. The Hall–Kier alpha value is -1.33. The van der Waals surface area contributed by atoms with E-state index in [1.807, 2.05) is 26.0 Å². The number of nitrogens with one attached hydrogen (secondary N) is 1. The van der Waals surface area contributed by atoms with Crippen molar-refractivity contribution >= 4 is 35.0 Å². The summed E-state index contributed by atoms with van der Waals surface area (Å²) in [4.78, 5) is 12.1. The summed E-state index contributed by atoms with van der Waals surface area (Å²) in [6, 6.07) is 6.15. The van der Waals surface area contributed by atoms with Crippen molar-refractivity contribution in [2.45, 2.75) is 18.1 Å². The number of nitrogens with zero attached hydrogens (tertiary/aromatic N) is 2. The Morgan fingerprint density at radius 2 is 2.06 bits per heavy atom. The SMILES string of the molecule is Cc1nc2ccc(-c3nc(C)c(S)s3)cc2[nH]1. The number of H-pyrrole nitrogens is 1. The van der Waals surface area contributed by atoms with Crippen LogP contribution in [-0.2, 0) is 0 Å². The van der Waals surface area contributed by atoms with Gasteiger partial charge in [-0.3, -0.25) is 0 Å². The highest BCUT2D eigenvalue weighted by Gasteiger charge is 2.08. The molecule has 3 aromatic rings. The van der Waals surface area contributed by atoms with Crippen LogP contribution in [0.25, 0.3) is 21.6 Å². The van der Waals surface area contributed by atoms with Gasteiger partial charge in [0.25, 0.3) is 0 Å². The van der Waals surface area contributed by atoms with Gasteiger partial charge < -0.3 is 4.98 Å². The molecule has 0 aliphatic carbocycles. The van der Waals surface area contributed by atoms with E-state index in [0.29, 0.717) is 0 Å². The minimum absolute atomic E-state index is 0.933. The van der Waals surface area contributed by atoms with Gasteiger partial charge in [-0.15, -0.1) is 24.0 Å². The highest BCUT2D eigenvalue weighted by atomic mass is 32.2. The first kappa shape index (κ1) is 10.8. The summed E-state index contributed by atoms with van der Waals surface area (Å²) in [5.41, 5.74) is 4.13. The van der Waals surface area contributed by atoms with E-state index in [1.165, 1.54) is 0 Å². The second kappa shape index (κ2) is 3.85. The first-order valence-electron chi connectivity index (χ1n) is 5.26. The molecule has 0 fully saturated rings. The zero-order chi connectivity index (χ0) is 12.0. The molecule has 2 aromatic heterocycles. The number of hydrogen-bond donors (Lipinski definition) is 2. The number of aryl methyl sites for hydroxylation is 2. The van der Waals surface area contributed by atoms with Crippen LogP contribution in [0.3, 0.4) is 0 Å². The molecule has 86 valence electrons. The minimum atomic E-state index is 0.933. The van der Waals surface area contributed by atoms with Gasteiger partial charge in [-0.1, -0.05) is 0 Å². The summed E-state index contributed by atoms with van der Waals surface area (Å²) in [6.45, 7) is 3.93. The van der Waals surface area contributed by atoms with Crippen LogP contribution >= 0.6 is 24.0 Å². The van der Waals surface area contributed by atoms with Crippen LogP contribution in [0.15, 0.2) is 22.4 Å². The van der Waals surface area contributed by atoms with E-state index >= 15 is 0 Å². The number of thiazole rings is 1. The van der Waals surface area contributed by atoms with Gasteiger partial charge in [-0.25, -0.2) is 9.97 Å². The number of aromatic amines is 1. The van der Waals surface area contributed by atoms with Crippen molar-refractivity contribution in [3.63, 3.8) is 0 Å². The van der Waals surface area contributed by atoms with Gasteiger partial charge in [0.2, 0.25) is 0 Å². The van der Waals surface area contributed by atoms with Crippen molar-refractivity contribution in [3.05, 3.63) is 29.7 Å². The summed E-state index contributed by atoms with van der Waals surface area (Å²) in [7, 11) is 0. The zero-order valence-corrected chi connectivity index (χ0v) is 11.2. The molecular weight excluding hydrogens is 250 g/mol. The number of fused-ring (bicyclic) bond motifs is 1. The molecule has 0 spiro atoms. The first-order chi connectivity index (χ1) is 8.13. The minimum Gasteiger partial charge on any atom is -0.342 e. The second-order valence-corrected chi connectivity index (χ2v) is 5.71. The predicted octanol–water partition coefficient (Wildman–Crippen LogP) is 3.59. The Morgan fingerprint density at radius 1 is 1.24 bits per heavy atom. The average molecular weight is 261 g/mol. The van der Waals surface area contributed by atoms with Crippen molar-refractivity contribution in [2.24, 2.45) is 0 Å². The van der Waals surface area contributed by atoms with Gasteiger partial charge in [-0.05, 0) is 32.0 Å². The molecule has 0 aliphatic heterocycles. The van der Waals surface area contributed by atoms with Crippen LogP contribution < -0.4 is 0 Å². The molecule has 5 heteroatoms. The number of imidazole rings is 1. The fourth-order valence-corrected chi connectivity index (χ4v) is 2.90. The van der Waals surface area contributed by atoms with Crippen LogP contribution in [0.2, 0.25) is 0 Å². The van der Waals surface area contributed by atoms with Gasteiger partial charge in [0.05, 0.1) is 20.9 Å². The maximum atomic E-state index is 4.50. The molecule has 0 unspecified atom stereocenters. The van der Waals surface area contributed by atoms with E-state index in [4.69, 9.17) is 0 Å². The van der Waals surface area contributed by atoms with Crippen LogP contribution in [0.1, 0.15) is 11.5 Å². The third kappa shape index (κ3) is 1.85. The van der Waals surface area contributed by atoms with E-state index in [9.17, 15) is 0 Å². The highest BCUT2D eigenvalue weighted by molar-refractivity contribution is 7.83. The van der Waals surface area contributed by atoms with E-state index in [-0.39, 0.29) is 0 Å². The number of thiol groups is 1. The van der Waals surface area contributed by atoms with Crippen molar-refractivity contribution in [2.75, 3.05) is 0 Å². The largest absolute Gasteiger partial charge is 0.342 e. The molecule has 3 nitrogen and oxygen atoms in total. The Labute approximate surface area is 108 Å². The zero-order valence-electron chi connectivity index (χ0n) is 9.48. The summed E-state index contributed by atoms with van der Waals surface area (Å²) in [6.07, 6.45) is 0. The number of rotatable bonds is 1. The molecule has 0 atom stereocenters. The van der Waals surface area contributed by atoms with Crippen molar-refractivity contribution in [1.29, 1.82) is 0 Å².